The van der Waals surface area contributed by atoms with Gasteiger partial charge in [0, 0.05) is 23.9 Å². The van der Waals surface area contributed by atoms with E-state index in [0.29, 0.717) is 17.0 Å². The number of methoxy groups -OCH3 is 1. The summed E-state index contributed by atoms with van der Waals surface area (Å²) in [5, 5.41) is 29.1. The number of aromatic nitrogens is 4. The summed E-state index contributed by atoms with van der Waals surface area (Å²) in [5.41, 5.74) is 2.72. The number of nitrogens with zero attached hydrogens (tertiary/aromatic N) is 4. The summed E-state index contributed by atoms with van der Waals surface area (Å²) in [5.74, 6) is -0.0321. The number of hydrogen-bond acceptors (Lipinski definition) is 6. The lowest BCUT2D eigenvalue weighted by molar-refractivity contribution is -0.0566. The molecule has 3 aromatic heterocycles. The number of fused-ring (bicyclic) bond motifs is 1. The van der Waals surface area contributed by atoms with E-state index in [1.54, 1.807) is 29.2 Å². The van der Waals surface area contributed by atoms with Crippen molar-refractivity contribution in [2.75, 3.05) is 7.11 Å². The molecule has 0 saturated heterocycles. The normalized spacial score (nSPS) is 15.8. The van der Waals surface area contributed by atoms with Gasteiger partial charge in [-0.05, 0) is 44.4 Å². The summed E-state index contributed by atoms with van der Waals surface area (Å²) >= 11 is 0. The molecule has 1 fully saturated rings. The summed E-state index contributed by atoms with van der Waals surface area (Å²) in [4.78, 5) is 12.0. The molecule has 0 spiro atoms. The van der Waals surface area contributed by atoms with Gasteiger partial charge in [-0.25, -0.2) is 9.31 Å². The molecule has 2 N–H and O–H groups in total. The van der Waals surface area contributed by atoms with E-state index in [4.69, 9.17) is 4.74 Å². The standard InChI is InChI=1S/C20H24N4O4/c1-20(2,27)17(25)11-23-10-15(18(22-23)12-4-5-12)13-6-7-24-16(8-13)14(9-21-24)19(26)28-3/h6-10,12,17,25,27H,4-5,11H2,1-3H3/t17-/m1/s1. The third kappa shape index (κ3) is 3.41. The number of carbonyl (C=O) groups is 1. The minimum atomic E-state index is -1.21. The Morgan fingerprint density at radius 1 is 1.43 bits per heavy atom. The van der Waals surface area contributed by atoms with Gasteiger partial charge in [0.25, 0.3) is 0 Å². The van der Waals surface area contributed by atoms with Gasteiger partial charge in [-0.15, -0.1) is 0 Å². The molecule has 148 valence electrons. The summed E-state index contributed by atoms with van der Waals surface area (Å²) in [6.45, 7) is 3.35. The van der Waals surface area contributed by atoms with Gasteiger partial charge in [0.05, 0.1) is 36.7 Å². The smallest absolute Gasteiger partial charge is 0.341 e. The fourth-order valence-electron chi connectivity index (χ4n) is 3.23. The van der Waals surface area contributed by atoms with Crippen LogP contribution in [0.3, 0.4) is 0 Å². The van der Waals surface area contributed by atoms with Crippen molar-refractivity contribution in [3.05, 3.63) is 42.0 Å². The predicted molar refractivity (Wildman–Crippen MR) is 102 cm³/mol. The van der Waals surface area contributed by atoms with E-state index in [1.807, 2.05) is 18.3 Å². The largest absolute Gasteiger partial charge is 0.465 e. The maximum Gasteiger partial charge on any atom is 0.341 e. The Morgan fingerprint density at radius 3 is 2.82 bits per heavy atom. The van der Waals surface area contributed by atoms with Gasteiger partial charge in [0.15, 0.2) is 0 Å². The highest BCUT2D eigenvalue weighted by atomic mass is 16.5. The van der Waals surface area contributed by atoms with E-state index in [2.05, 4.69) is 10.2 Å². The van der Waals surface area contributed by atoms with Crippen molar-refractivity contribution in [2.24, 2.45) is 0 Å². The third-order valence-corrected chi connectivity index (χ3v) is 5.17. The lowest BCUT2D eigenvalue weighted by Gasteiger charge is -2.24. The zero-order valence-electron chi connectivity index (χ0n) is 16.2. The van der Waals surface area contributed by atoms with E-state index in [9.17, 15) is 15.0 Å². The number of aliphatic hydroxyl groups excluding tert-OH is 1. The zero-order valence-corrected chi connectivity index (χ0v) is 16.2. The molecule has 0 aromatic carbocycles. The van der Waals surface area contributed by atoms with Crippen molar-refractivity contribution in [3.8, 4) is 11.1 Å². The first kappa shape index (κ1) is 18.6. The number of pyridine rings is 1. The van der Waals surface area contributed by atoms with Gasteiger partial charge in [-0.3, -0.25) is 4.68 Å². The molecule has 8 heteroatoms. The highest BCUT2D eigenvalue weighted by Crippen LogP contribution is 2.43. The molecule has 1 atom stereocenters. The van der Waals surface area contributed by atoms with Crippen LogP contribution in [-0.2, 0) is 11.3 Å². The van der Waals surface area contributed by atoms with Crippen molar-refractivity contribution in [1.29, 1.82) is 0 Å². The molecule has 0 aliphatic heterocycles. The molecule has 0 amide bonds. The van der Waals surface area contributed by atoms with Crippen LogP contribution in [0.1, 0.15) is 48.7 Å². The van der Waals surface area contributed by atoms with Crippen molar-refractivity contribution < 1.29 is 19.7 Å². The van der Waals surface area contributed by atoms with Crippen molar-refractivity contribution in [1.82, 2.24) is 19.4 Å². The van der Waals surface area contributed by atoms with Crippen LogP contribution in [-0.4, -0.2) is 54.4 Å². The third-order valence-electron chi connectivity index (χ3n) is 5.17. The maximum absolute atomic E-state index is 12.0. The minimum absolute atomic E-state index is 0.200. The van der Waals surface area contributed by atoms with Crippen molar-refractivity contribution in [3.63, 3.8) is 0 Å². The molecule has 1 aliphatic rings. The first-order chi connectivity index (χ1) is 13.3. The fourth-order valence-corrected chi connectivity index (χ4v) is 3.23. The van der Waals surface area contributed by atoms with Crippen LogP contribution >= 0.6 is 0 Å². The SMILES string of the molecule is COC(=O)c1cnn2ccc(-c3cn(C[C@@H](O)C(C)(C)O)nc3C3CC3)cc12. The van der Waals surface area contributed by atoms with Gasteiger partial charge in [-0.1, -0.05) is 0 Å². The highest BCUT2D eigenvalue weighted by Gasteiger charge is 2.31. The van der Waals surface area contributed by atoms with E-state index in [-0.39, 0.29) is 6.54 Å². The molecule has 8 nitrogen and oxygen atoms in total. The number of carbonyl (C=O) groups excluding carboxylic acids is 1. The molecule has 4 rings (SSSR count). The van der Waals surface area contributed by atoms with Crippen LogP contribution in [0, 0.1) is 0 Å². The van der Waals surface area contributed by atoms with Crippen molar-refractivity contribution >= 4 is 11.5 Å². The Morgan fingerprint density at radius 2 is 2.18 bits per heavy atom. The molecular weight excluding hydrogens is 360 g/mol. The first-order valence-corrected chi connectivity index (χ1v) is 9.32. The van der Waals surface area contributed by atoms with Gasteiger partial charge in [0.1, 0.15) is 11.7 Å². The number of esters is 1. The maximum atomic E-state index is 12.0. The summed E-state index contributed by atoms with van der Waals surface area (Å²) in [6, 6.07) is 3.83. The van der Waals surface area contributed by atoms with Gasteiger partial charge < -0.3 is 14.9 Å². The summed E-state index contributed by atoms with van der Waals surface area (Å²) < 4.78 is 8.16. The topological polar surface area (TPSA) is 102 Å². The molecule has 28 heavy (non-hydrogen) atoms. The summed E-state index contributed by atoms with van der Waals surface area (Å²) in [6.07, 6.45) is 6.42. The Hall–Kier alpha value is -2.71. The minimum Gasteiger partial charge on any atom is -0.465 e. The average molecular weight is 384 g/mol. The van der Waals surface area contributed by atoms with Gasteiger partial charge >= 0.3 is 5.97 Å². The van der Waals surface area contributed by atoms with Gasteiger partial charge in [0.2, 0.25) is 0 Å². The van der Waals surface area contributed by atoms with Crippen LogP contribution in [0.25, 0.3) is 16.6 Å². The zero-order chi connectivity index (χ0) is 20.1. The van der Waals surface area contributed by atoms with Crippen LogP contribution in [0.2, 0.25) is 0 Å². The molecule has 0 unspecified atom stereocenters. The molecule has 1 saturated carbocycles. The van der Waals surface area contributed by atoms with E-state index >= 15 is 0 Å². The van der Waals surface area contributed by atoms with Crippen LogP contribution in [0.4, 0.5) is 0 Å². The summed E-state index contributed by atoms with van der Waals surface area (Å²) in [7, 11) is 1.35. The van der Waals surface area contributed by atoms with Gasteiger partial charge in [-0.2, -0.15) is 10.2 Å². The van der Waals surface area contributed by atoms with E-state index in [1.165, 1.54) is 13.3 Å². The van der Waals surface area contributed by atoms with Crippen LogP contribution < -0.4 is 0 Å². The second-order valence-electron chi connectivity index (χ2n) is 7.89. The van der Waals surface area contributed by atoms with E-state index < -0.39 is 17.7 Å². The molecule has 1 aliphatic carbocycles. The van der Waals surface area contributed by atoms with Crippen molar-refractivity contribution in [2.45, 2.75) is 50.9 Å². The quantitative estimate of drug-likeness (QED) is 0.630. The fraction of sp³-hybridized carbons (Fsp3) is 0.450. The second-order valence-corrected chi connectivity index (χ2v) is 7.89. The number of ether oxygens (including phenoxy) is 1. The molecule has 3 heterocycles. The van der Waals surface area contributed by atoms with E-state index in [0.717, 1.165) is 29.7 Å². The predicted octanol–water partition coefficient (Wildman–Crippen LogP) is 1.99. The molecule has 0 bridgehead atoms. The number of rotatable bonds is 6. The molecule has 0 radical (unpaired) electrons. The number of aliphatic hydroxyl groups is 2. The Kier molecular flexibility index (Phi) is 4.47. The molecular formula is C20H24N4O4. The van der Waals surface area contributed by atoms with Crippen LogP contribution in [0.5, 0.6) is 0 Å². The molecule has 3 aromatic rings. The lowest BCUT2D eigenvalue weighted by Crippen LogP contribution is -2.39. The van der Waals surface area contributed by atoms with Crippen LogP contribution in [0.15, 0.2) is 30.7 Å². The Labute approximate surface area is 162 Å². The monoisotopic (exact) mass is 384 g/mol. The lowest BCUT2D eigenvalue weighted by atomic mass is 10.0. The second kappa shape index (κ2) is 6.72. The number of hydrogen-bond donors (Lipinski definition) is 2. The Bertz CT molecular complexity index is 1030. The highest BCUT2D eigenvalue weighted by molar-refractivity contribution is 5.97. The Balaban J connectivity index is 1.75. The average Bonchev–Trinajstić information content (AvgIpc) is 3.28. The first-order valence-electron chi connectivity index (χ1n) is 9.32.